The lowest BCUT2D eigenvalue weighted by Crippen LogP contribution is -2.43. The molecule has 0 spiro atoms. The van der Waals surface area contributed by atoms with Gasteiger partial charge in [0.25, 0.3) is 5.91 Å². The normalized spacial score (nSPS) is 17.7. The van der Waals surface area contributed by atoms with Crippen LogP contribution in [0.5, 0.6) is 5.75 Å². The van der Waals surface area contributed by atoms with Crippen molar-refractivity contribution >= 4 is 5.91 Å². The summed E-state index contributed by atoms with van der Waals surface area (Å²) in [5.41, 5.74) is 7.22. The second-order valence-corrected chi connectivity index (χ2v) is 5.97. The van der Waals surface area contributed by atoms with E-state index in [9.17, 15) is 9.90 Å². The Hall–Kier alpha value is -1.55. The fourth-order valence-corrected chi connectivity index (χ4v) is 2.95. The lowest BCUT2D eigenvalue weighted by Gasteiger charge is -2.36. The largest absolute Gasteiger partial charge is 0.507 e. The van der Waals surface area contributed by atoms with Crippen molar-refractivity contribution in [3.63, 3.8) is 0 Å². The third kappa shape index (κ3) is 3.31. The van der Waals surface area contributed by atoms with E-state index in [-0.39, 0.29) is 17.1 Å². The molecule has 4 N–H and O–H groups in total. The van der Waals surface area contributed by atoms with Gasteiger partial charge in [0.1, 0.15) is 5.75 Å². The van der Waals surface area contributed by atoms with Crippen molar-refractivity contribution in [1.82, 2.24) is 5.32 Å². The summed E-state index contributed by atoms with van der Waals surface area (Å²) in [6.07, 6.45) is 5.77. The van der Waals surface area contributed by atoms with Crippen molar-refractivity contribution in [1.29, 1.82) is 0 Å². The minimum Gasteiger partial charge on any atom is -0.507 e. The standard InChI is InChI=1S/C16H24N2O2/c1-12-5-6-13(14(19)9-12)15(20)18-11-16(10-17)7-3-2-4-8-16/h5-6,9,19H,2-4,7-8,10-11,17H2,1H3,(H,18,20). The molecule has 0 heterocycles. The second-order valence-electron chi connectivity index (χ2n) is 5.97. The number of phenols is 1. The molecule has 0 unspecified atom stereocenters. The number of benzene rings is 1. The lowest BCUT2D eigenvalue weighted by molar-refractivity contribution is 0.0911. The van der Waals surface area contributed by atoms with Crippen LogP contribution in [0.3, 0.4) is 0 Å². The number of hydrogen-bond donors (Lipinski definition) is 3. The van der Waals surface area contributed by atoms with Gasteiger partial charge in [0, 0.05) is 6.54 Å². The quantitative estimate of drug-likeness (QED) is 0.790. The molecule has 0 atom stereocenters. The molecule has 1 aliphatic rings. The molecule has 0 saturated heterocycles. The summed E-state index contributed by atoms with van der Waals surface area (Å²) >= 11 is 0. The summed E-state index contributed by atoms with van der Waals surface area (Å²) in [5, 5.41) is 12.8. The van der Waals surface area contributed by atoms with Gasteiger partial charge in [-0.3, -0.25) is 4.79 Å². The number of amides is 1. The van der Waals surface area contributed by atoms with Crippen molar-refractivity contribution in [3.8, 4) is 5.75 Å². The van der Waals surface area contributed by atoms with Gasteiger partial charge in [-0.05, 0) is 49.4 Å². The van der Waals surface area contributed by atoms with Crippen LogP contribution in [0, 0.1) is 12.3 Å². The van der Waals surface area contributed by atoms with Crippen LogP contribution in [0.1, 0.15) is 48.0 Å². The van der Waals surface area contributed by atoms with E-state index in [4.69, 9.17) is 5.73 Å². The van der Waals surface area contributed by atoms with E-state index in [2.05, 4.69) is 5.32 Å². The molecule has 2 rings (SSSR count). The minimum atomic E-state index is -0.221. The molecule has 20 heavy (non-hydrogen) atoms. The van der Waals surface area contributed by atoms with Gasteiger partial charge in [-0.25, -0.2) is 0 Å². The number of nitrogens with one attached hydrogen (secondary N) is 1. The Morgan fingerprint density at radius 1 is 1.35 bits per heavy atom. The Bertz CT molecular complexity index is 479. The number of rotatable bonds is 4. The molecule has 0 radical (unpaired) electrons. The first-order valence-electron chi connectivity index (χ1n) is 7.34. The second kappa shape index (κ2) is 6.27. The van der Waals surface area contributed by atoms with Crippen molar-refractivity contribution in [2.75, 3.05) is 13.1 Å². The van der Waals surface area contributed by atoms with Crippen LogP contribution in [-0.2, 0) is 0 Å². The van der Waals surface area contributed by atoms with Crippen molar-refractivity contribution in [2.45, 2.75) is 39.0 Å². The molecule has 1 aliphatic carbocycles. The van der Waals surface area contributed by atoms with Crippen LogP contribution in [0.25, 0.3) is 0 Å². The summed E-state index contributed by atoms with van der Waals surface area (Å²) in [4.78, 5) is 12.2. The predicted octanol–water partition coefficient (Wildman–Crippen LogP) is 2.34. The third-order valence-electron chi connectivity index (χ3n) is 4.37. The molecule has 0 aromatic heterocycles. The van der Waals surface area contributed by atoms with Crippen LogP contribution in [0.2, 0.25) is 0 Å². The molecular formula is C16H24N2O2. The van der Waals surface area contributed by atoms with Gasteiger partial charge in [-0.1, -0.05) is 25.3 Å². The molecule has 110 valence electrons. The summed E-state index contributed by atoms with van der Waals surface area (Å²) in [6.45, 7) is 3.08. The number of carbonyl (C=O) groups is 1. The zero-order chi connectivity index (χ0) is 14.6. The first kappa shape index (κ1) is 14.9. The Labute approximate surface area is 120 Å². The van der Waals surface area contributed by atoms with E-state index in [0.717, 1.165) is 18.4 Å². The van der Waals surface area contributed by atoms with Gasteiger partial charge in [0.05, 0.1) is 5.56 Å². The van der Waals surface area contributed by atoms with E-state index in [1.807, 2.05) is 13.0 Å². The molecule has 1 aromatic carbocycles. The predicted molar refractivity (Wildman–Crippen MR) is 79.7 cm³/mol. The molecule has 1 aromatic rings. The highest BCUT2D eigenvalue weighted by molar-refractivity contribution is 5.96. The third-order valence-corrected chi connectivity index (χ3v) is 4.37. The van der Waals surface area contributed by atoms with E-state index < -0.39 is 0 Å². The van der Waals surface area contributed by atoms with Gasteiger partial charge < -0.3 is 16.2 Å². The zero-order valence-electron chi connectivity index (χ0n) is 12.1. The van der Waals surface area contributed by atoms with Crippen molar-refractivity contribution in [3.05, 3.63) is 29.3 Å². The average Bonchev–Trinajstić information content (AvgIpc) is 2.46. The number of hydrogen-bond acceptors (Lipinski definition) is 3. The van der Waals surface area contributed by atoms with E-state index in [1.165, 1.54) is 19.3 Å². The first-order chi connectivity index (χ1) is 9.56. The maximum atomic E-state index is 12.2. The lowest BCUT2D eigenvalue weighted by atomic mass is 9.74. The van der Waals surface area contributed by atoms with Gasteiger partial charge in [0.2, 0.25) is 0 Å². The molecule has 0 bridgehead atoms. The highest BCUT2D eigenvalue weighted by Gasteiger charge is 2.31. The maximum absolute atomic E-state index is 12.2. The molecule has 1 fully saturated rings. The summed E-state index contributed by atoms with van der Waals surface area (Å²) < 4.78 is 0. The number of nitrogens with two attached hydrogens (primary N) is 1. The zero-order valence-corrected chi connectivity index (χ0v) is 12.1. The number of aryl methyl sites for hydroxylation is 1. The van der Waals surface area contributed by atoms with Crippen LogP contribution in [0.15, 0.2) is 18.2 Å². The highest BCUT2D eigenvalue weighted by Crippen LogP contribution is 2.34. The Balaban J connectivity index is 2.00. The van der Waals surface area contributed by atoms with Crippen molar-refractivity contribution in [2.24, 2.45) is 11.1 Å². The fourth-order valence-electron chi connectivity index (χ4n) is 2.95. The summed E-state index contributed by atoms with van der Waals surface area (Å²) in [5.74, 6) is -0.186. The summed E-state index contributed by atoms with van der Waals surface area (Å²) in [7, 11) is 0. The van der Waals surface area contributed by atoms with Gasteiger partial charge in [-0.15, -0.1) is 0 Å². The molecular weight excluding hydrogens is 252 g/mol. The number of carbonyl (C=O) groups excluding carboxylic acids is 1. The van der Waals surface area contributed by atoms with Gasteiger partial charge >= 0.3 is 0 Å². The molecule has 4 heteroatoms. The SMILES string of the molecule is Cc1ccc(C(=O)NCC2(CN)CCCCC2)c(O)c1. The van der Waals surface area contributed by atoms with Gasteiger partial charge in [-0.2, -0.15) is 0 Å². The number of phenolic OH excluding ortho intramolecular Hbond substituents is 1. The molecule has 1 amide bonds. The molecule has 4 nitrogen and oxygen atoms in total. The highest BCUT2D eigenvalue weighted by atomic mass is 16.3. The topological polar surface area (TPSA) is 75.4 Å². The molecule has 1 saturated carbocycles. The molecule has 0 aliphatic heterocycles. The van der Waals surface area contributed by atoms with Crippen LogP contribution >= 0.6 is 0 Å². The Morgan fingerprint density at radius 3 is 2.65 bits per heavy atom. The van der Waals surface area contributed by atoms with E-state index in [0.29, 0.717) is 18.7 Å². The maximum Gasteiger partial charge on any atom is 0.255 e. The van der Waals surface area contributed by atoms with Crippen molar-refractivity contribution < 1.29 is 9.90 Å². The Morgan fingerprint density at radius 2 is 2.05 bits per heavy atom. The van der Waals surface area contributed by atoms with E-state index >= 15 is 0 Å². The minimum absolute atomic E-state index is 0.0351. The Kier molecular flexibility index (Phi) is 4.65. The van der Waals surface area contributed by atoms with Crippen LogP contribution in [0.4, 0.5) is 0 Å². The monoisotopic (exact) mass is 276 g/mol. The first-order valence-corrected chi connectivity index (χ1v) is 7.34. The van der Waals surface area contributed by atoms with Crippen LogP contribution in [-0.4, -0.2) is 24.1 Å². The smallest absolute Gasteiger partial charge is 0.255 e. The average molecular weight is 276 g/mol. The summed E-state index contributed by atoms with van der Waals surface area (Å²) in [6, 6.07) is 5.10. The van der Waals surface area contributed by atoms with Crippen LogP contribution < -0.4 is 11.1 Å². The van der Waals surface area contributed by atoms with E-state index in [1.54, 1.807) is 12.1 Å². The van der Waals surface area contributed by atoms with Gasteiger partial charge in [0.15, 0.2) is 0 Å². The fraction of sp³-hybridized carbons (Fsp3) is 0.562. The number of aromatic hydroxyl groups is 1.